The van der Waals surface area contributed by atoms with Crippen molar-refractivity contribution in [1.82, 2.24) is 0 Å². The van der Waals surface area contributed by atoms with Crippen molar-refractivity contribution >= 4 is 5.78 Å². The highest BCUT2D eigenvalue weighted by atomic mass is 16.1. The van der Waals surface area contributed by atoms with E-state index in [1.807, 2.05) is 13.8 Å². The van der Waals surface area contributed by atoms with Gasteiger partial charge in [-0.3, -0.25) is 4.79 Å². The van der Waals surface area contributed by atoms with Gasteiger partial charge >= 0.3 is 0 Å². The summed E-state index contributed by atoms with van der Waals surface area (Å²) in [7, 11) is 0. The molecule has 0 spiro atoms. The normalized spacial score (nSPS) is 12.9. The van der Waals surface area contributed by atoms with Crippen LogP contribution in [0.4, 0.5) is 0 Å². The van der Waals surface area contributed by atoms with Crippen LogP contribution in [0, 0.1) is 0 Å². The SMILES string of the molecule is CC/C(C)=C(\C)C(C)=O. The van der Waals surface area contributed by atoms with Gasteiger partial charge in [0.05, 0.1) is 0 Å². The van der Waals surface area contributed by atoms with Gasteiger partial charge in [0, 0.05) is 0 Å². The summed E-state index contributed by atoms with van der Waals surface area (Å²) in [4.78, 5) is 10.7. The van der Waals surface area contributed by atoms with E-state index in [2.05, 4.69) is 6.92 Å². The Morgan fingerprint density at radius 3 is 1.78 bits per heavy atom. The molecule has 0 aliphatic carbocycles. The molecule has 0 atom stereocenters. The zero-order valence-corrected chi connectivity index (χ0v) is 6.62. The zero-order valence-electron chi connectivity index (χ0n) is 6.62. The zero-order chi connectivity index (χ0) is 7.44. The summed E-state index contributed by atoms with van der Waals surface area (Å²) >= 11 is 0. The number of rotatable bonds is 2. The van der Waals surface area contributed by atoms with Crippen LogP contribution in [0.1, 0.15) is 34.1 Å². The second kappa shape index (κ2) is 3.44. The first-order valence-electron chi connectivity index (χ1n) is 3.26. The van der Waals surface area contributed by atoms with Gasteiger partial charge in [-0.1, -0.05) is 12.5 Å². The number of ketones is 1. The third kappa shape index (κ3) is 2.45. The molecule has 0 aliphatic heterocycles. The van der Waals surface area contributed by atoms with Crippen LogP contribution in [-0.2, 0) is 4.79 Å². The molecule has 0 aliphatic rings. The van der Waals surface area contributed by atoms with Gasteiger partial charge in [0.2, 0.25) is 0 Å². The second-order valence-electron chi connectivity index (χ2n) is 2.32. The Morgan fingerprint density at radius 1 is 1.22 bits per heavy atom. The quantitative estimate of drug-likeness (QED) is 0.519. The van der Waals surface area contributed by atoms with E-state index >= 15 is 0 Å². The largest absolute Gasteiger partial charge is 0.295 e. The molecule has 0 heterocycles. The molecule has 0 radical (unpaired) electrons. The molecule has 0 saturated heterocycles. The van der Waals surface area contributed by atoms with Crippen LogP contribution >= 0.6 is 0 Å². The lowest BCUT2D eigenvalue weighted by atomic mass is 10.1. The molecule has 0 N–H and O–H groups in total. The summed E-state index contributed by atoms with van der Waals surface area (Å²) in [5, 5.41) is 0. The maximum Gasteiger partial charge on any atom is 0.155 e. The molecule has 0 aromatic rings. The average molecular weight is 126 g/mol. The molecule has 52 valence electrons. The molecule has 0 aromatic carbocycles. The van der Waals surface area contributed by atoms with Crippen LogP contribution < -0.4 is 0 Å². The van der Waals surface area contributed by atoms with Crippen molar-refractivity contribution in [3.05, 3.63) is 11.1 Å². The summed E-state index contributed by atoms with van der Waals surface area (Å²) in [5.41, 5.74) is 2.11. The topological polar surface area (TPSA) is 17.1 Å². The molecule has 0 rings (SSSR count). The van der Waals surface area contributed by atoms with Gasteiger partial charge in [0.25, 0.3) is 0 Å². The summed E-state index contributed by atoms with van der Waals surface area (Å²) < 4.78 is 0. The van der Waals surface area contributed by atoms with Crippen LogP contribution in [0.25, 0.3) is 0 Å². The number of allylic oxidation sites excluding steroid dienone is 2. The molecule has 0 bridgehead atoms. The number of hydrogen-bond donors (Lipinski definition) is 0. The van der Waals surface area contributed by atoms with Crippen molar-refractivity contribution in [3.63, 3.8) is 0 Å². The minimum atomic E-state index is 0.189. The predicted molar refractivity (Wildman–Crippen MR) is 39.3 cm³/mol. The summed E-state index contributed by atoms with van der Waals surface area (Å²) in [6.07, 6.45) is 0.978. The van der Waals surface area contributed by atoms with Gasteiger partial charge in [-0.05, 0) is 32.8 Å². The first-order chi connectivity index (χ1) is 4.09. The molecule has 0 aromatic heterocycles. The highest BCUT2D eigenvalue weighted by Crippen LogP contribution is 2.06. The maximum atomic E-state index is 10.7. The lowest BCUT2D eigenvalue weighted by Gasteiger charge is -1.98. The predicted octanol–water partition coefficient (Wildman–Crippen LogP) is 2.32. The fourth-order valence-corrected chi connectivity index (χ4v) is 0.566. The van der Waals surface area contributed by atoms with Crippen LogP contribution in [0.15, 0.2) is 11.1 Å². The first-order valence-corrected chi connectivity index (χ1v) is 3.26. The molecule has 1 heteroatoms. The third-order valence-electron chi connectivity index (χ3n) is 1.70. The summed E-state index contributed by atoms with van der Waals surface area (Å²) in [6, 6.07) is 0. The van der Waals surface area contributed by atoms with E-state index in [4.69, 9.17) is 0 Å². The van der Waals surface area contributed by atoms with Crippen molar-refractivity contribution in [1.29, 1.82) is 0 Å². The smallest absolute Gasteiger partial charge is 0.155 e. The summed E-state index contributed by atoms with van der Waals surface area (Å²) in [5.74, 6) is 0.189. The average Bonchev–Trinajstić information content (AvgIpc) is 1.84. The van der Waals surface area contributed by atoms with E-state index in [1.54, 1.807) is 6.92 Å². The number of carbonyl (C=O) groups excluding carboxylic acids is 1. The van der Waals surface area contributed by atoms with E-state index in [0.717, 1.165) is 12.0 Å². The first kappa shape index (κ1) is 8.41. The van der Waals surface area contributed by atoms with Crippen molar-refractivity contribution in [2.75, 3.05) is 0 Å². The van der Waals surface area contributed by atoms with E-state index in [-0.39, 0.29) is 5.78 Å². The van der Waals surface area contributed by atoms with E-state index in [1.165, 1.54) is 5.57 Å². The fourth-order valence-electron chi connectivity index (χ4n) is 0.566. The van der Waals surface area contributed by atoms with Gasteiger partial charge < -0.3 is 0 Å². The molecule has 0 unspecified atom stereocenters. The van der Waals surface area contributed by atoms with Crippen LogP contribution in [0.3, 0.4) is 0 Å². The number of hydrogen-bond acceptors (Lipinski definition) is 1. The molecular formula is C8H14O. The van der Waals surface area contributed by atoms with Crippen molar-refractivity contribution < 1.29 is 4.79 Å². The minimum absolute atomic E-state index is 0.189. The Bertz CT molecular complexity index is 143. The number of Topliss-reactive ketones (excluding diaryl/α,β-unsaturated/α-hetero) is 1. The Labute approximate surface area is 56.8 Å². The molecule has 0 amide bonds. The third-order valence-corrected chi connectivity index (χ3v) is 1.70. The Morgan fingerprint density at radius 2 is 1.67 bits per heavy atom. The van der Waals surface area contributed by atoms with Gasteiger partial charge in [0.15, 0.2) is 5.78 Å². The molecule has 0 saturated carbocycles. The van der Waals surface area contributed by atoms with E-state index in [0.29, 0.717) is 0 Å². The maximum absolute atomic E-state index is 10.7. The fraction of sp³-hybridized carbons (Fsp3) is 0.625. The lowest BCUT2D eigenvalue weighted by Crippen LogP contribution is -1.94. The van der Waals surface area contributed by atoms with E-state index < -0.39 is 0 Å². The van der Waals surface area contributed by atoms with Gasteiger partial charge in [-0.15, -0.1) is 0 Å². The van der Waals surface area contributed by atoms with Crippen molar-refractivity contribution in [3.8, 4) is 0 Å². The lowest BCUT2D eigenvalue weighted by molar-refractivity contribution is -0.113. The van der Waals surface area contributed by atoms with Gasteiger partial charge in [0.1, 0.15) is 0 Å². The molecule has 9 heavy (non-hydrogen) atoms. The summed E-state index contributed by atoms with van der Waals surface area (Å²) in [6.45, 7) is 7.54. The van der Waals surface area contributed by atoms with Crippen LogP contribution in [0.5, 0.6) is 0 Å². The molecular weight excluding hydrogens is 112 g/mol. The second-order valence-corrected chi connectivity index (χ2v) is 2.32. The number of carbonyl (C=O) groups is 1. The van der Waals surface area contributed by atoms with Crippen molar-refractivity contribution in [2.45, 2.75) is 34.1 Å². The Balaban J connectivity index is 4.28. The Kier molecular flexibility index (Phi) is 3.21. The monoisotopic (exact) mass is 126 g/mol. The highest BCUT2D eigenvalue weighted by Gasteiger charge is 1.98. The standard InChI is InChI=1S/C8H14O/c1-5-6(2)7(3)8(4)9/h5H2,1-4H3/b7-6+. The van der Waals surface area contributed by atoms with E-state index in [9.17, 15) is 4.79 Å². The van der Waals surface area contributed by atoms with Gasteiger partial charge in [-0.2, -0.15) is 0 Å². The Hall–Kier alpha value is -0.590. The van der Waals surface area contributed by atoms with Crippen molar-refractivity contribution in [2.24, 2.45) is 0 Å². The van der Waals surface area contributed by atoms with Gasteiger partial charge in [-0.25, -0.2) is 0 Å². The molecule has 0 fully saturated rings. The van der Waals surface area contributed by atoms with Crippen LogP contribution in [0.2, 0.25) is 0 Å². The minimum Gasteiger partial charge on any atom is -0.295 e. The highest BCUT2D eigenvalue weighted by molar-refractivity contribution is 5.93. The molecule has 1 nitrogen and oxygen atoms in total. The van der Waals surface area contributed by atoms with Crippen LogP contribution in [-0.4, -0.2) is 5.78 Å².